The molecule has 2 aliphatic rings. The zero-order valence-electron chi connectivity index (χ0n) is 16.7. The molecule has 1 heterocycles. The standard InChI is InChI=1S/C21H31N3O3/c1-23-13-4-6-18(15-23)24(2)20(26)16-7-9-17(10-8-16)22-19(25)14-21(27-3)11-5-12-21/h7-10,18H,4-6,11-15H2,1-3H3,(H,22,25). The molecule has 1 saturated carbocycles. The number of ether oxygens (including phenoxy) is 1. The van der Waals surface area contributed by atoms with Gasteiger partial charge in [-0.05, 0) is 70.0 Å². The Morgan fingerprint density at radius 1 is 1.26 bits per heavy atom. The van der Waals surface area contributed by atoms with E-state index < -0.39 is 0 Å². The fourth-order valence-electron chi connectivity index (χ4n) is 4.04. The van der Waals surface area contributed by atoms with Crippen LogP contribution in [-0.2, 0) is 9.53 Å². The summed E-state index contributed by atoms with van der Waals surface area (Å²) < 4.78 is 5.51. The SMILES string of the molecule is COC1(CC(=O)Nc2ccc(C(=O)N(C)C3CCCN(C)C3)cc2)CCC1. The van der Waals surface area contributed by atoms with Crippen molar-refractivity contribution in [2.75, 3.05) is 39.6 Å². The van der Waals surface area contributed by atoms with Gasteiger partial charge in [-0.1, -0.05) is 0 Å². The lowest BCUT2D eigenvalue weighted by atomic mass is 9.77. The van der Waals surface area contributed by atoms with Gasteiger partial charge in [0.1, 0.15) is 0 Å². The number of nitrogens with zero attached hydrogens (tertiary/aromatic N) is 2. The largest absolute Gasteiger partial charge is 0.378 e. The summed E-state index contributed by atoms with van der Waals surface area (Å²) in [6.45, 7) is 2.01. The molecule has 6 nitrogen and oxygen atoms in total. The van der Waals surface area contributed by atoms with Crippen LogP contribution in [0.1, 0.15) is 48.9 Å². The fraction of sp³-hybridized carbons (Fsp3) is 0.619. The van der Waals surface area contributed by atoms with E-state index in [0.717, 1.165) is 45.2 Å². The average Bonchev–Trinajstić information content (AvgIpc) is 2.64. The molecule has 3 rings (SSSR count). The highest BCUT2D eigenvalue weighted by molar-refractivity contribution is 5.96. The molecule has 1 aliphatic carbocycles. The summed E-state index contributed by atoms with van der Waals surface area (Å²) in [5.41, 5.74) is 1.08. The van der Waals surface area contributed by atoms with Crippen LogP contribution in [0.15, 0.2) is 24.3 Å². The van der Waals surface area contributed by atoms with Crippen molar-refractivity contribution in [2.45, 2.75) is 50.2 Å². The number of hydrogen-bond acceptors (Lipinski definition) is 4. The number of carbonyl (C=O) groups is 2. The molecule has 0 bridgehead atoms. The quantitative estimate of drug-likeness (QED) is 0.833. The van der Waals surface area contributed by atoms with Crippen molar-refractivity contribution in [3.63, 3.8) is 0 Å². The van der Waals surface area contributed by atoms with Crippen LogP contribution in [0.3, 0.4) is 0 Å². The summed E-state index contributed by atoms with van der Waals surface area (Å²) in [7, 11) is 5.65. The van der Waals surface area contributed by atoms with Crippen molar-refractivity contribution in [1.82, 2.24) is 9.80 Å². The molecule has 1 atom stereocenters. The Labute approximate surface area is 161 Å². The van der Waals surface area contributed by atoms with Crippen LogP contribution >= 0.6 is 0 Å². The molecular formula is C21H31N3O3. The Balaban J connectivity index is 1.56. The Morgan fingerprint density at radius 2 is 1.96 bits per heavy atom. The van der Waals surface area contributed by atoms with E-state index in [4.69, 9.17) is 4.74 Å². The van der Waals surface area contributed by atoms with Crippen LogP contribution < -0.4 is 5.32 Å². The number of hydrogen-bond donors (Lipinski definition) is 1. The van der Waals surface area contributed by atoms with Gasteiger partial charge >= 0.3 is 0 Å². The molecule has 2 amide bonds. The Kier molecular flexibility index (Phi) is 6.17. The number of likely N-dealkylation sites (tertiary alicyclic amines) is 1. The normalized spacial score (nSPS) is 22.0. The number of piperidine rings is 1. The summed E-state index contributed by atoms with van der Waals surface area (Å²) in [5, 5.41) is 2.91. The van der Waals surface area contributed by atoms with Gasteiger partial charge in [-0.2, -0.15) is 0 Å². The van der Waals surface area contributed by atoms with Crippen molar-refractivity contribution in [3.8, 4) is 0 Å². The van der Waals surface area contributed by atoms with Gasteiger partial charge in [0.25, 0.3) is 5.91 Å². The predicted octanol–water partition coefficient (Wildman–Crippen LogP) is 2.75. The Hall–Kier alpha value is -1.92. The Bertz CT molecular complexity index is 664. The lowest BCUT2D eigenvalue weighted by molar-refractivity contribution is -0.129. The number of benzene rings is 1. The van der Waals surface area contributed by atoms with Gasteiger partial charge in [0.05, 0.1) is 12.0 Å². The van der Waals surface area contributed by atoms with Crippen LogP contribution in [0.5, 0.6) is 0 Å². The maximum atomic E-state index is 12.8. The lowest BCUT2D eigenvalue weighted by Gasteiger charge is -2.39. The van der Waals surface area contributed by atoms with E-state index in [1.807, 2.05) is 11.9 Å². The molecule has 148 valence electrons. The van der Waals surface area contributed by atoms with Crippen LogP contribution in [0, 0.1) is 0 Å². The van der Waals surface area contributed by atoms with Crippen molar-refractivity contribution < 1.29 is 14.3 Å². The minimum atomic E-state index is -0.282. The van der Waals surface area contributed by atoms with Crippen molar-refractivity contribution in [2.24, 2.45) is 0 Å². The van der Waals surface area contributed by atoms with E-state index in [-0.39, 0.29) is 23.5 Å². The molecule has 1 N–H and O–H groups in total. The zero-order valence-corrected chi connectivity index (χ0v) is 16.7. The minimum absolute atomic E-state index is 0.0287. The van der Waals surface area contributed by atoms with E-state index in [0.29, 0.717) is 17.7 Å². The molecular weight excluding hydrogens is 342 g/mol. The average molecular weight is 373 g/mol. The molecule has 6 heteroatoms. The van der Waals surface area contributed by atoms with Gasteiger partial charge in [-0.15, -0.1) is 0 Å². The molecule has 2 fully saturated rings. The topological polar surface area (TPSA) is 61.9 Å². The molecule has 0 spiro atoms. The second-order valence-electron chi connectivity index (χ2n) is 8.02. The summed E-state index contributed by atoms with van der Waals surface area (Å²) in [4.78, 5) is 29.2. The van der Waals surface area contributed by atoms with E-state index in [2.05, 4.69) is 17.3 Å². The van der Waals surface area contributed by atoms with E-state index in [1.54, 1.807) is 31.4 Å². The van der Waals surface area contributed by atoms with Crippen LogP contribution in [-0.4, -0.2) is 67.6 Å². The van der Waals surface area contributed by atoms with Gasteiger partial charge in [0.2, 0.25) is 5.91 Å². The molecule has 1 saturated heterocycles. The van der Waals surface area contributed by atoms with E-state index >= 15 is 0 Å². The second kappa shape index (κ2) is 8.40. The molecule has 0 aromatic heterocycles. The highest BCUT2D eigenvalue weighted by Crippen LogP contribution is 2.38. The molecule has 27 heavy (non-hydrogen) atoms. The van der Waals surface area contributed by atoms with Crippen LogP contribution in [0.2, 0.25) is 0 Å². The number of methoxy groups -OCH3 is 1. The molecule has 1 unspecified atom stereocenters. The van der Waals surface area contributed by atoms with Crippen LogP contribution in [0.25, 0.3) is 0 Å². The number of nitrogens with one attached hydrogen (secondary N) is 1. The van der Waals surface area contributed by atoms with Crippen molar-refractivity contribution >= 4 is 17.5 Å². The van der Waals surface area contributed by atoms with Gasteiger partial charge in [0, 0.05) is 38.0 Å². The Morgan fingerprint density at radius 3 is 2.52 bits per heavy atom. The fourth-order valence-corrected chi connectivity index (χ4v) is 4.04. The molecule has 1 aliphatic heterocycles. The third-order valence-electron chi connectivity index (χ3n) is 6.06. The summed E-state index contributed by atoms with van der Waals surface area (Å²) in [6.07, 6.45) is 5.53. The second-order valence-corrected chi connectivity index (χ2v) is 8.02. The highest BCUT2D eigenvalue weighted by atomic mass is 16.5. The number of anilines is 1. The molecule has 0 radical (unpaired) electrons. The van der Waals surface area contributed by atoms with E-state index in [9.17, 15) is 9.59 Å². The first-order valence-corrected chi connectivity index (χ1v) is 9.83. The van der Waals surface area contributed by atoms with Crippen molar-refractivity contribution in [3.05, 3.63) is 29.8 Å². The number of rotatable bonds is 6. The van der Waals surface area contributed by atoms with Gasteiger partial charge in [0.15, 0.2) is 0 Å². The summed E-state index contributed by atoms with van der Waals surface area (Å²) in [5.74, 6) is -0.0148. The monoisotopic (exact) mass is 373 g/mol. The number of carbonyl (C=O) groups excluding carboxylic acids is 2. The maximum Gasteiger partial charge on any atom is 0.253 e. The number of likely N-dealkylation sites (N-methyl/N-ethyl adjacent to an activating group) is 2. The first kappa shape index (κ1) is 19.8. The van der Waals surface area contributed by atoms with Gasteiger partial charge < -0.3 is 19.9 Å². The maximum absolute atomic E-state index is 12.8. The number of amides is 2. The van der Waals surface area contributed by atoms with Crippen LogP contribution in [0.4, 0.5) is 5.69 Å². The summed E-state index contributed by atoms with van der Waals surface area (Å²) in [6, 6.07) is 7.42. The van der Waals surface area contributed by atoms with E-state index in [1.165, 1.54) is 0 Å². The highest BCUT2D eigenvalue weighted by Gasteiger charge is 2.39. The third-order valence-corrected chi connectivity index (χ3v) is 6.06. The first-order chi connectivity index (χ1) is 12.9. The van der Waals surface area contributed by atoms with Gasteiger partial charge in [-0.25, -0.2) is 0 Å². The smallest absolute Gasteiger partial charge is 0.253 e. The predicted molar refractivity (Wildman–Crippen MR) is 106 cm³/mol. The minimum Gasteiger partial charge on any atom is -0.378 e. The third kappa shape index (κ3) is 4.68. The first-order valence-electron chi connectivity index (χ1n) is 9.83. The van der Waals surface area contributed by atoms with Crippen molar-refractivity contribution in [1.29, 1.82) is 0 Å². The zero-order chi connectivity index (χ0) is 19.4. The molecule has 1 aromatic carbocycles. The lowest BCUT2D eigenvalue weighted by Crippen LogP contribution is -2.47. The van der Waals surface area contributed by atoms with Gasteiger partial charge in [-0.3, -0.25) is 9.59 Å². The summed E-state index contributed by atoms with van der Waals surface area (Å²) >= 11 is 0. The molecule has 1 aromatic rings.